The van der Waals surface area contributed by atoms with Crippen LogP contribution in [-0.4, -0.2) is 50.0 Å². The first-order valence-electron chi connectivity index (χ1n) is 13.1. The minimum atomic E-state index is -3.85. The molecular weight excluding hydrogens is 550 g/mol. The second-order valence-electron chi connectivity index (χ2n) is 9.64. The van der Waals surface area contributed by atoms with Gasteiger partial charge in [0.05, 0.1) is 11.9 Å². The van der Waals surface area contributed by atoms with Gasteiger partial charge in [-0.05, 0) is 61.7 Å². The monoisotopic (exact) mass is 585 g/mol. The van der Waals surface area contributed by atoms with Crippen molar-refractivity contribution in [3.8, 4) is 5.75 Å². The summed E-state index contributed by atoms with van der Waals surface area (Å²) in [6, 6.07) is 22.2. The molecule has 0 fully saturated rings. The molecule has 2 amide bonds. The van der Waals surface area contributed by atoms with Crippen molar-refractivity contribution in [2.24, 2.45) is 0 Å². The maximum absolute atomic E-state index is 13.7. The van der Waals surface area contributed by atoms with Gasteiger partial charge in [-0.2, -0.15) is 0 Å². The van der Waals surface area contributed by atoms with E-state index in [1.54, 1.807) is 55.5 Å². The Morgan fingerprint density at radius 3 is 2.17 bits per heavy atom. The largest absolute Gasteiger partial charge is 0.489 e. The lowest BCUT2D eigenvalue weighted by atomic mass is 10.1. The smallest absolute Gasteiger partial charge is 0.244 e. The number of benzene rings is 3. The van der Waals surface area contributed by atoms with Crippen LogP contribution in [0.5, 0.6) is 5.75 Å². The lowest BCUT2D eigenvalue weighted by molar-refractivity contribution is -0.139. The van der Waals surface area contributed by atoms with Crippen LogP contribution in [0.1, 0.15) is 38.3 Å². The molecule has 0 spiro atoms. The van der Waals surface area contributed by atoms with Gasteiger partial charge in [0.25, 0.3) is 0 Å². The number of rotatable bonds is 13. The van der Waals surface area contributed by atoms with E-state index in [9.17, 15) is 18.0 Å². The predicted octanol–water partition coefficient (Wildman–Crippen LogP) is 5.02. The molecule has 2 atom stereocenters. The summed E-state index contributed by atoms with van der Waals surface area (Å²) in [4.78, 5) is 28.0. The van der Waals surface area contributed by atoms with Gasteiger partial charge in [0.15, 0.2) is 0 Å². The molecule has 2 unspecified atom stereocenters. The summed E-state index contributed by atoms with van der Waals surface area (Å²) in [6.45, 7) is 5.36. The zero-order valence-corrected chi connectivity index (χ0v) is 24.8. The van der Waals surface area contributed by atoms with Crippen LogP contribution in [0.2, 0.25) is 5.02 Å². The number of nitrogens with one attached hydrogen (secondary N) is 1. The highest BCUT2D eigenvalue weighted by atomic mass is 35.5. The van der Waals surface area contributed by atoms with Gasteiger partial charge in [-0.3, -0.25) is 13.9 Å². The van der Waals surface area contributed by atoms with Gasteiger partial charge in [0.2, 0.25) is 21.8 Å². The molecule has 214 valence electrons. The number of hydrogen-bond donors (Lipinski definition) is 1. The van der Waals surface area contributed by atoms with Crippen LogP contribution in [0, 0.1) is 0 Å². The predicted molar refractivity (Wildman–Crippen MR) is 159 cm³/mol. The SMILES string of the molecule is CCC(C)NC(=O)C(C)N(Cc1ccccc1Cl)C(=O)CN(c1ccc(OCc2ccccc2)cc1)S(C)(=O)=O. The Morgan fingerprint density at radius 1 is 0.950 bits per heavy atom. The first-order chi connectivity index (χ1) is 19.0. The minimum absolute atomic E-state index is 0.0392. The van der Waals surface area contributed by atoms with Crippen molar-refractivity contribution in [1.82, 2.24) is 10.2 Å². The van der Waals surface area contributed by atoms with Crippen molar-refractivity contribution < 1.29 is 22.7 Å². The third kappa shape index (κ3) is 8.72. The van der Waals surface area contributed by atoms with Crippen molar-refractivity contribution >= 4 is 39.1 Å². The topological polar surface area (TPSA) is 96.0 Å². The van der Waals surface area contributed by atoms with E-state index >= 15 is 0 Å². The van der Waals surface area contributed by atoms with E-state index in [4.69, 9.17) is 16.3 Å². The Hall–Kier alpha value is -3.56. The molecular formula is C30H36ClN3O5S. The summed E-state index contributed by atoms with van der Waals surface area (Å²) in [5.41, 5.74) is 1.95. The first kappa shape index (κ1) is 31.0. The molecule has 8 nitrogen and oxygen atoms in total. The highest BCUT2D eigenvalue weighted by molar-refractivity contribution is 7.92. The maximum atomic E-state index is 13.7. The van der Waals surface area contributed by atoms with Crippen LogP contribution in [0.15, 0.2) is 78.9 Å². The lowest BCUT2D eigenvalue weighted by Gasteiger charge is -2.32. The summed E-state index contributed by atoms with van der Waals surface area (Å²) in [5.74, 6) is -0.315. The molecule has 3 aromatic rings. The van der Waals surface area contributed by atoms with Crippen LogP contribution >= 0.6 is 11.6 Å². The molecule has 0 aliphatic heterocycles. The molecule has 0 saturated heterocycles. The average Bonchev–Trinajstić information content (AvgIpc) is 2.94. The van der Waals surface area contributed by atoms with Gasteiger partial charge in [-0.1, -0.05) is 67.1 Å². The Balaban J connectivity index is 1.83. The van der Waals surface area contributed by atoms with E-state index in [2.05, 4.69) is 5.32 Å². The number of anilines is 1. The minimum Gasteiger partial charge on any atom is -0.489 e. The van der Waals surface area contributed by atoms with Crippen molar-refractivity contribution in [2.45, 2.75) is 52.4 Å². The summed E-state index contributed by atoms with van der Waals surface area (Å²) >= 11 is 6.36. The van der Waals surface area contributed by atoms with Crippen molar-refractivity contribution in [2.75, 3.05) is 17.1 Å². The fourth-order valence-corrected chi connectivity index (χ4v) is 4.97. The van der Waals surface area contributed by atoms with Gasteiger partial charge in [0.1, 0.15) is 24.9 Å². The highest BCUT2D eigenvalue weighted by Crippen LogP contribution is 2.24. The second kappa shape index (κ2) is 14.2. The fourth-order valence-electron chi connectivity index (χ4n) is 3.92. The molecule has 0 aliphatic carbocycles. The van der Waals surface area contributed by atoms with E-state index in [-0.39, 0.29) is 18.5 Å². The number of carbonyl (C=O) groups is 2. The number of ether oxygens (including phenoxy) is 1. The van der Waals surface area contributed by atoms with Crippen LogP contribution < -0.4 is 14.4 Å². The van der Waals surface area contributed by atoms with Crippen LogP contribution in [0.3, 0.4) is 0 Å². The van der Waals surface area contributed by atoms with Gasteiger partial charge in [-0.15, -0.1) is 0 Å². The number of sulfonamides is 1. The number of amides is 2. The van der Waals surface area contributed by atoms with Gasteiger partial charge >= 0.3 is 0 Å². The Bertz CT molecular complexity index is 1380. The molecule has 0 saturated carbocycles. The number of nitrogens with zero attached hydrogens (tertiary/aromatic N) is 2. The molecule has 0 bridgehead atoms. The number of halogens is 1. The Labute approximate surface area is 241 Å². The van der Waals surface area contributed by atoms with E-state index in [0.717, 1.165) is 22.5 Å². The highest BCUT2D eigenvalue weighted by Gasteiger charge is 2.30. The van der Waals surface area contributed by atoms with Crippen LogP contribution in [-0.2, 0) is 32.8 Å². The summed E-state index contributed by atoms with van der Waals surface area (Å²) in [5, 5.41) is 3.34. The Morgan fingerprint density at radius 2 is 1.57 bits per heavy atom. The van der Waals surface area contributed by atoms with Crippen LogP contribution in [0.25, 0.3) is 0 Å². The number of hydrogen-bond acceptors (Lipinski definition) is 5. The summed E-state index contributed by atoms with van der Waals surface area (Å²) < 4.78 is 32.5. The molecule has 0 aliphatic rings. The fraction of sp³-hybridized carbons (Fsp3) is 0.333. The first-order valence-corrected chi connectivity index (χ1v) is 15.3. The van der Waals surface area contributed by atoms with E-state index in [1.807, 2.05) is 44.2 Å². The zero-order chi connectivity index (χ0) is 29.3. The third-order valence-electron chi connectivity index (χ3n) is 6.52. The van der Waals surface area contributed by atoms with Crippen LogP contribution in [0.4, 0.5) is 5.69 Å². The third-order valence-corrected chi connectivity index (χ3v) is 8.03. The number of carbonyl (C=O) groups excluding carboxylic acids is 2. The van der Waals surface area contributed by atoms with Gasteiger partial charge in [0, 0.05) is 17.6 Å². The molecule has 0 heterocycles. The molecule has 3 rings (SSSR count). The van der Waals surface area contributed by atoms with E-state index < -0.39 is 28.5 Å². The molecule has 0 aromatic heterocycles. The van der Waals surface area contributed by atoms with Crippen molar-refractivity contribution in [3.05, 3.63) is 95.0 Å². The molecule has 10 heteroatoms. The van der Waals surface area contributed by atoms with Crippen molar-refractivity contribution in [3.63, 3.8) is 0 Å². The Kier molecular flexibility index (Phi) is 11.0. The summed E-state index contributed by atoms with van der Waals surface area (Å²) in [7, 11) is -3.85. The molecule has 1 N–H and O–H groups in total. The zero-order valence-electron chi connectivity index (χ0n) is 23.2. The molecule has 0 radical (unpaired) electrons. The second-order valence-corrected chi connectivity index (χ2v) is 12.0. The normalized spacial score (nSPS) is 12.7. The van der Waals surface area contributed by atoms with Crippen molar-refractivity contribution in [1.29, 1.82) is 0 Å². The quantitative estimate of drug-likeness (QED) is 0.304. The van der Waals surface area contributed by atoms with Gasteiger partial charge < -0.3 is 15.0 Å². The van der Waals surface area contributed by atoms with Gasteiger partial charge in [-0.25, -0.2) is 8.42 Å². The lowest BCUT2D eigenvalue weighted by Crippen LogP contribution is -2.52. The maximum Gasteiger partial charge on any atom is 0.244 e. The standard InChI is InChI=1S/C30H36ClN3O5S/c1-5-22(2)32-30(36)23(3)33(19-25-13-9-10-14-28(25)31)29(35)20-34(40(4,37)38)26-15-17-27(18-16-26)39-21-24-11-7-6-8-12-24/h6-18,22-23H,5,19-21H2,1-4H3,(H,32,36). The van der Waals surface area contributed by atoms with E-state index in [0.29, 0.717) is 28.6 Å². The molecule has 3 aromatic carbocycles. The summed E-state index contributed by atoms with van der Waals surface area (Å²) in [6.07, 6.45) is 1.77. The van der Waals surface area contributed by atoms with E-state index in [1.165, 1.54) is 4.90 Å². The average molecular weight is 586 g/mol. The molecule has 40 heavy (non-hydrogen) atoms.